The largest absolute Gasteiger partial charge is 0.425 e. The van der Waals surface area contributed by atoms with Crippen LogP contribution in [-0.2, 0) is 14.3 Å². The number of urea groups is 1. The SMILES string of the molecule is CCC(=O)OC1=C2C(=NC3C(C(=O)N(C)C(=O)N3C)C2c2ccccc2)c2ccccc21. The third-order valence-electron chi connectivity index (χ3n) is 6.44. The van der Waals surface area contributed by atoms with Gasteiger partial charge in [0.15, 0.2) is 0 Å². The Bertz CT molecular complexity index is 1200. The van der Waals surface area contributed by atoms with E-state index in [-0.39, 0.29) is 24.3 Å². The maximum absolute atomic E-state index is 13.4. The van der Waals surface area contributed by atoms with Gasteiger partial charge in [0.2, 0.25) is 5.91 Å². The van der Waals surface area contributed by atoms with Crippen molar-refractivity contribution < 1.29 is 19.1 Å². The Hall–Kier alpha value is -3.74. The number of carbonyl (C=O) groups excluding carboxylic acids is 3. The second-order valence-electron chi connectivity index (χ2n) is 8.21. The van der Waals surface area contributed by atoms with Crippen LogP contribution in [0.25, 0.3) is 5.76 Å². The van der Waals surface area contributed by atoms with Gasteiger partial charge in [0.25, 0.3) is 0 Å². The number of esters is 1. The quantitative estimate of drug-likeness (QED) is 0.701. The van der Waals surface area contributed by atoms with E-state index in [9.17, 15) is 14.4 Å². The molecule has 0 radical (unpaired) electrons. The van der Waals surface area contributed by atoms with Crippen LogP contribution in [-0.4, -0.2) is 53.7 Å². The molecule has 1 saturated heterocycles. The number of rotatable bonds is 3. The normalized spacial score (nSPS) is 24.1. The zero-order valence-corrected chi connectivity index (χ0v) is 18.1. The highest BCUT2D eigenvalue weighted by Gasteiger charge is 2.54. The number of benzene rings is 2. The number of hydrogen-bond acceptors (Lipinski definition) is 5. The Balaban J connectivity index is 1.81. The van der Waals surface area contributed by atoms with Crippen LogP contribution < -0.4 is 0 Å². The molecule has 1 aliphatic carbocycles. The monoisotopic (exact) mass is 429 g/mol. The molecule has 3 aliphatic rings. The van der Waals surface area contributed by atoms with Crippen molar-refractivity contribution in [2.45, 2.75) is 25.4 Å². The summed E-state index contributed by atoms with van der Waals surface area (Å²) in [6.45, 7) is 1.75. The van der Waals surface area contributed by atoms with Crippen LogP contribution in [0.3, 0.4) is 0 Å². The Kier molecular flexibility index (Phi) is 4.69. The Morgan fingerprint density at radius 1 is 1.00 bits per heavy atom. The lowest BCUT2D eigenvalue weighted by Crippen LogP contribution is -2.61. The number of fused-ring (bicyclic) bond motifs is 4. The molecular formula is C25H23N3O4. The molecule has 1 fully saturated rings. The van der Waals surface area contributed by atoms with E-state index in [1.165, 1.54) is 11.9 Å². The molecular weight excluding hydrogens is 406 g/mol. The molecule has 32 heavy (non-hydrogen) atoms. The van der Waals surface area contributed by atoms with Crippen molar-refractivity contribution in [1.29, 1.82) is 0 Å². The van der Waals surface area contributed by atoms with Gasteiger partial charge < -0.3 is 9.64 Å². The van der Waals surface area contributed by atoms with Crippen molar-refractivity contribution in [3.63, 3.8) is 0 Å². The van der Waals surface area contributed by atoms with Crippen LogP contribution in [0.1, 0.15) is 36.0 Å². The average Bonchev–Trinajstić information content (AvgIpc) is 3.13. The summed E-state index contributed by atoms with van der Waals surface area (Å²) in [7, 11) is 3.16. The summed E-state index contributed by atoms with van der Waals surface area (Å²) >= 11 is 0. The van der Waals surface area contributed by atoms with Gasteiger partial charge in [-0.25, -0.2) is 4.79 Å². The highest BCUT2D eigenvalue weighted by molar-refractivity contribution is 6.25. The zero-order chi connectivity index (χ0) is 22.6. The fourth-order valence-corrected chi connectivity index (χ4v) is 4.87. The van der Waals surface area contributed by atoms with Crippen LogP contribution in [0.5, 0.6) is 0 Å². The van der Waals surface area contributed by atoms with Crippen molar-refractivity contribution in [3.05, 3.63) is 76.9 Å². The van der Waals surface area contributed by atoms with Gasteiger partial charge in [-0.15, -0.1) is 0 Å². The summed E-state index contributed by atoms with van der Waals surface area (Å²) in [5.74, 6) is -1.25. The van der Waals surface area contributed by atoms with Gasteiger partial charge >= 0.3 is 12.0 Å². The van der Waals surface area contributed by atoms with Crippen LogP contribution in [0.15, 0.2) is 65.2 Å². The highest BCUT2D eigenvalue weighted by Crippen LogP contribution is 2.50. The summed E-state index contributed by atoms with van der Waals surface area (Å²) in [6, 6.07) is 16.9. The van der Waals surface area contributed by atoms with Crippen molar-refractivity contribution in [3.8, 4) is 0 Å². The summed E-state index contributed by atoms with van der Waals surface area (Å²) < 4.78 is 5.85. The first-order valence-corrected chi connectivity index (χ1v) is 10.7. The van der Waals surface area contributed by atoms with Gasteiger partial charge in [-0.2, -0.15) is 0 Å². The lowest BCUT2D eigenvalue weighted by molar-refractivity contribution is -0.137. The number of imide groups is 1. The van der Waals surface area contributed by atoms with Crippen molar-refractivity contribution in [1.82, 2.24) is 9.80 Å². The lowest BCUT2D eigenvalue weighted by Gasteiger charge is -2.45. The second-order valence-corrected chi connectivity index (χ2v) is 8.21. The van der Waals surface area contributed by atoms with Crippen molar-refractivity contribution >= 4 is 29.4 Å². The van der Waals surface area contributed by atoms with E-state index in [0.717, 1.165) is 27.2 Å². The smallest absolute Gasteiger partial charge is 0.327 e. The molecule has 3 unspecified atom stereocenters. The minimum atomic E-state index is -0.649. The molecule has 7 heteroatoms. The Morgan fingerprint density at radius 3 is 2.34 bits per heavy atom. The van der Waals surface area contributed by atoms with Crippen molar-refractivity contribution in [2.24, 2.45) is 10.9 Å². The highest BCUT2D eigenvalue weighted by atomic mass is 16.5. The van der Waals surface area contributed by atoms with Gasteiger partial charge in [-0.1, -0.05) is 61.5 Å². The van der Waals surface area contributed by atoms with Crippen molar-refractivity contribution in [2.75, 3.05) is 14.1 Å². The number of aliphatic imine (C=N–C) groups is 1. The summed E-state index contributed by atoms with van der Waals surface area (Å²) in [5, 5.41) is 0. The molecule has 0 spiro atoms. The first-order chi connectivity index (χ1) is 15.4. The van der Waals surface area contributed by atoms with E-state index in [0.29, 0.717) is 11.5 Å². The van der Waals surface area contributed by atoms with E-state index >= 15 is 0 Å². The number of amides is 3. The molecule has 0 N–H and O–H groups in total. The summed E-state index contributed by atoms with van der Waals surface area (Å²) in [6.07, 6.45) is -0.420. The van der Waals surface area contributed by atoms with E-state index in [1.807, 2.05) is 54.6 Å². The van der Waals surface area contributed by atoms with E-state index < -0.39 is 18.0 Å². The molecule has 2 aromatic carbocycles. The molecule has 2 heterocycles. The molecule has 3 amide bonds. The molecule has 3 atom stereocenters. The van der Waals surface area contributed by atoms with Gasteiger partial charge in [0.05, 0.1) is 11.6 Å². The maximum atomic E-state index is 13.4. The predicted octanol–water partition coefficient (Wildman–Crippen LogP) is 3.42. The van der Waals surface area contributed by atoms with Crippen LogP contribution in [0, 0.1) is 5.92 Å². The molecule has 7 nitrogen and oxygen atoms in total. The lowest BCUT2D eigenvalue weighted by atomic mass is 9.73. The molecule has 0 saturated carbocycles. The fraction of sp³-hybridized carbons (Fsp3) is 0.280. The van der Waals surface area contributed by atoms with Gasteiger partial charge in [-0.05, 0) is 5.56 Å². The van der Waals surface area contributed by atoms with Gasteiger partial charge in [0.1, 0.15) is 11.9 Å². The molecule has 2 aliphatic heterocycles. The first kappa shape index (κ1) is 20.2. The molecule has 0 bridgehead atoms. The van der Waals surface area contributed by atoms with Crippen LogP contribution >= 0.6 is 0 Å². The molecule has 5 rings (SSSR count). The van der Waals surface area contributed by atoms with E-state index in [1.54, 1.807) is 14.0 Å². The third-order valence-corrected chi connectivity index (χ3v) is 6.44. The minimum Gasteiger partial charge on any atom is -0.425 e. The number of carbonyl (C=O) groups is 3. The Morgan fingerprint density at radius 2 is 1.66 bits per heavy atom. The number of ether oxygens (including phenoxy) is 1. The zero-order valence-electron chi connectivity index (χ0n) is 18.1. The second kappa shape index (κ2) is 7.44. The number of nitrogens with zero attached hydrogens (tertiary/aromatic N) is 3. The van der Waals surface area contributed by atoms with Crippen LogP contribution in [0.2, 0.25) is 0 Å². The minimum absolute atomic E-state index is 0.229. The molecule has 0 aromatic heterocycles. The fourth-order valence-electron chi connectivity index (χ4n) is 4.87. The standard InChI is InChI=1S/C25H23N3O4/c1-4-17(29)32-22-16-13-9-8-12-15(16)21-19(22)18(14-10-6-5-7-11-14)20-23(26-21)27(2)25(31)28(3)24(20)30/h5-13,18,20,23H,4H2,1-3H3. The predicted molar refractivity (Wildman–Crippen MR) is 119 cm³/mol. The van der Waals surface area contributed by atoms with Gasteiger partial charge in [0, 0.05) is 43.1 Å². The third kappa shape index (κ3) is 2.81. The van der Waals surface area contributed by atoms with Crippen LogP contribution in [0.4, 0.5) is 4.79 Å². The average molecular weight is 429 g/mol. The van der Waals surface area contributed by atoms with E-state index in [4.69, 9.17) is 9.73 Å². The summed E-state index contributed by atoms with van der Waals surface area (Å²) in [4.78, 5) is 46.1. The molecule has 162 valence electrons. The number of hydrogen-bond donors (Lipinski definition) is 0. The maximum Gasteiger partial charge on any atom is 0.327 e. The first-order valence-electron chi connectivity index (χ1n) is 10.7. The number of allylic oxidation sites excluding steroid dienone is 1. The summed E-state index contributed by atoms with van der Waals surface area (Å²) in [5.41, 5.74) is 3.93. The topological polar surface area (TPSA) is 79.3 Å². The van der Waals surface area contributed by atoms with E-state index in [2.05, 4.69) is 0 Å². The molecule has 2 aromatic rings. The Labute approximate surface area is 186 Å². The van der Waals surface area contributed by atoms with Gasteiger partial charge in [-0.3, -0.25) is 19.5 Å².